The normalized spacial score (nSPS) is 30.1. The van der Waals surface area contributed by atoms with Crippen LogP contribution in [0.15, 0.2) is 34.3 Å². The van der Waals surface area contributed by atoms with Crippen molar-refractivity contribution in [1.82, 2.24) is 4.83 Å². The first-order valence-corrected chi connectivity index (χ1v) is 8.66. The third kappa shape index (κ3) is 2.46. The lowest BCUT2D eigenvalue weighted by atomic mass is 9.97. The minimum Gasteiger partial charge on any atom is -0.292 e. The van der Waals surface area contributed by atoms with Crippen LogP contribution in [0.5, 0.6) is 0 Å². The molecular formula is C14H15ClN2O3S. The second-order valence-electron chi connectivity index (χ2n) is 5.50. The Labute approximate surface area is 128 Å². The molecule has 0 aromatic heterocycles. The number of nitrogens with one attached hydrogen (secondary N) is 1. The highest BCUT2D eigenvalue weighted by Crippen LogP contribution is 2.43. The third-order valence-electron chi connectivity index (χ3n) is 4.12. The van der Waals surface area contributed by atoms with Crippen LogP contribution >= 0.6 is 11.6 Å². The quantitative estimate of drug-likeness (QED) is 0.680. The van der Waals surface area contributed by atoms with Gasteiger partial charge in [-0.1, -0.05) is 17.7 Å². The van der Waals surface area contributed by atoms with E-state index in [1.54, 1.807) is 12.1 Å². The van der Waals surface area contributed by atoms with Gasteiger partial charge in [-0.05, 0) is 31.9 Å². The van der Waals surface area contributed by atoms with Gasteiger partial charge in [-0.3, -0.25) is 4.79 Å². The lowest BCUT2D eigenvalue weighted by Crippen LogP contribution is -2.27. The molecule has 2 fully saturated rings. The number of sulfonamides is 1. The zero-order valence-corrected chi connectivity index (χ0v) is 13.0. The third-order valence-corrected chi connectivity index (χ3v) is 5.95. The van der Waals surface area contributed by atoms with Crippen LogP contribution in [-0.2, 0) is 14.8 Å². The smallest absolute Gasteiger partial charge is 0.276 e. The van der Waals surface area contributed by atoms with Gasteiger partial charge in [0.2, 0.25) is 0 Å². The zero-order chi connectivity index (χ0) is 15.2. The fourth-order valence-corrected chi connectivity index (χ4v) is 4.22. The maximum atomic E-state index is 12.1. The van der Waals surface area contributed by atoms with E-state index in [0.29, 0.717) is 0 Å². The van der Waals surface area contributed by atoms with E-state index in [2.05, 4.69) is 9.93 Å². The Morgan fingerprint density at radius 2 is 1.81 bits per heavy atom. The Hall–Kier alpha value is -1.40. The fourth-order valence-electron chi connectivity index (χ4n) is 2.91. The number of hydrogen-bond acceptors (Lipinski definition) is 4. The number of fused-ring (bicyclic) bond motifs is 2. The Bertz CT molecular complexity index is 712. The maximum Gasteiger partial charge on any atom is 0.276 e. The largest absolute Gasteiger partial charge is 0.292 e. The van der Waals surface area contributed by atoms with Crippen LogP contribution in [0.2, 0.25) is 0 Å². The molecule has 0 radical (unpaired) electrons. The molecule has 1 aromatic carbocycles. The topological polar surface area (TPSA) is 75.6 Å². The molecule has 21 heavy (non-hydrogen) atoms. The van der Waals surface area contributed by atoms with Crippen LogP contribution in [0.3, 0.4) is 0 Å². The Kier molecular flexibility index (Phi) is 3.53. The standard InChI is InChI=1S/C14H15ClN2O3S/c1-8-2-4-9(5-3-8)21(19,20)17-16-13-10-6-7-11(12(10)15)14(13)18/h2-5,10-12,17H,6-7H2,1H3/b16-13-/t10-,11+,12-/m1/s1. The average molecular weight is 327 g/mol. The van der Waals surface area contributed by atoms with Crippen molar-refractivity contribution in [3.63, 3.8) is 0 Å². The summed E-state index contributed by atoms with van der Waals surface area (Å²) in [6, 6.07) is 6.42. The number of ketones is 1. The van der Waals surface area contributed by atoms with Crippen LogP contribution in [-0.4, -0.2) is 25.3 Å². The molecule has 0 amide bonds. The van der Waals surface area contributed by atoms with Crippen molar-refractivity contribution in [3.8, 4) is 0 Å². The van der Waals surface area contributed by atoms with Crippen molar-refractivity contribution in [1.29, 1.82) is 0 Å². The summed E-state index contributed by atoms with van der Waals surface area (Å²) >= 11 is 6.17. The van der Waals surface area contributed by atoms with Gasteiger partial charge < -0.3 is 0 Å². The predicted molar refractivity (Wildman–Crippen MR) is 79.8 cm³/mol. The number of benzene rings is 1. The molecule has 0 heterocycles. The van der Waals surface area contributed by atoms with Crippen LogP contribution in [0.1, 0.15) is 18.4 Å². The SMILES string of the molecule is Cc1ccc(S(=O)(=O)N/N=C2\C(=O)[C@H]3CC[C@@H]2[C@H]3Cl)cc1. The summed E-state index contributed by atoms with van der Waals surface area (Å²) in [5.41, 5.74) is 1.23. The molecule has 0 spiro atoms. The van der Waals surface area contributed by atoms with Crippen molar-refractivity contribution in [2.45, 2.75) is 30.0 Å². The van der Waals surface area contributed by atoms with E-state index in [1.165, 1.54) is 12.1 Å². The summed E-state index contributed by atoms with van der Waals surface area (Å²) < 4.78 is 24.3. The first kappa shape index (κ1) is 14.5. The Morgan fingerprint density at radius 1 is 1.19 bits per heavy atom. The van der Waals surface area contributed by atoms with Crippen LogP contribution in [0, 0.1) is 18.8 Å². The number of carbonyl (C=O) groups is 1. The van der Waals surface area contributed by atoms with Gasteiger partial charge in [0.15, 0.2) is 5.78 Å². The van der Waals surface area contributed by atoms with Crippen molar-refractivity contribution >= 4 is 33.1 Å². The fraction of sp³-hybridized carbons (Fsp3) is 0.429. The number of hydrazone groups is 1. The van der Waals surface area contributed by atoms with Crippen molar-refractivity contribution in [2.24, 2.45) is 16.9 Å². The van der Waals surface area contributed by atoms with Crippen LogP contribution < -0.4 is 4.83 Å². The summed E-state index contributed by atoms with van der Waals surface area (Å²) in [6.45, 7) is 1.87. The number of carbonyl (C=O) groups excluding carboxylic acids is 1. The summed E-state index contributed by atoms with van der Waals surface area (Å²) in [4.78, 5) is 14.3. The van der Waals surface area contributed by atoms with Crippen LogP contribution in [0.4, 0.5) is 0 Å². The molecule has 2 bridgehead atoms. The number of Topliss-reactive ketones (excluding diaryl/α,β-unsaturated/α-hetero) is 1. The minimum atomic E-state index is -3.76. The van der Waals surface area contributed by atoms with E-state index in [4.69, 9.17) is 11.6 Å². The number of rotatable bonds is 3. The lowest BCUT2D eigenvalue weighted by molar-refractivity contribution is -0.115. The van der Waals surface area contributed by atoms with E-state index in [-0.39, 0.29) is 33.6 Å². The molecule has 112 valence electrons. The molecule has 1 N–H and O–H groups in total. The summed E-state index contributed by atoms with van der Waals surface area (Å²) in [7, 11) is -3.76. The van der Waals surface area contributed by atoms with Gasteiger partial charge in [0.05, 0.1) is 10.3 Å². The first-order chi connectivity index (χ1) is 9.90. The molecule has 1 aromatic rings. The lowest BCUT2D eigenvalue weighted by Gasteiger charge is -2.11. The highest BCUT2D eigenvalue weighted by molar-refractivity contribution is 7.89. The maximum absolute atomic E-state index is 12.1. The molecule has 3 rings (SSSR count). The number of alkyl halides is 1. The van der Waals surface area contributed by atoms with Crippen molar-refractivity contribution < 1.29 is 13.2 Å². The van der Waals surface area contributed by atoms with Gasteiger partial charge in [0.25, 0.3) is 10.0 Å². The second kappa shape index (κ2) is 5.10. The van der Waals surface area contributed by atoms with Gasteiger partial charge in [-0.15, -0.1) is 11.6 Å². The van der Waals surface area contributed by atoms with E-state index in [1.807, 2.05) is 6.92 Å². The molecule has 5 nitrogen and oxygen atoms in total. The van der Waals surface area contributed by atoms with Gasteiger partial charge in [-0.2, -0.15) is 18.4 Å². The predicted octanol–water partition coefficient (Wildman–Crippen LogP) is 1.85. The molecule has 2 saturated carbocycles. The Balaban J connectivity index is 1.82. The number of hydrogen-bond donors (Lipinski definition) is 1. The van der Waals surface area contributed by atoms with E-state index >= 15 is 0 Å². The Morgan fingerprint density at radius 3 is 2.38 bits per heavy atom. The molecule has 3 atom stereocenters. The highest BCUT2D eigenvalue weighted by Gasteiger charge is 2.51. The summed E-state index contributed by atoms with van der Waals surface area (Å²) in [5, 5.41) is 3.60. The molecule has 2 aliphatic rings. The van der Waals surface area contributed by atoms with Gasteiger partial charge in [0, 0.05) is 11.8 Å². The summed E-state index contributed by atoms with van der Waals surface area (Å²) in [6.07, 6.45) is 1.55. The molecular weight excluding hydrogens is 312 g/mol. The molecule has 2 aliphatic carbocycles. The molecule has 0 unspecified atom stereocenters. The molecule has 7 heteroatoms. The monoisotopic (exact) mass is 326 g/mol. The molecule has 0 aliphatic heterocycles. The van der Waals surface area contributed by atoms with Crippen molar-refractivity contribution in [3.05, 3.63) is 29.8 Å². The summed E-state index contributed by atoms with van der Waals surface area (Å²) in [5.74, 6) is -0.470. The highest BCUT2D eigenvalue weighted by atomic mass is 35.5. The van der Waals surface area contributed by atoms with Crippen molar-refractivity contribution in [2.75, 3.05) is 0 Å². The van der Waals surface area contributed by atoms with E-state index in [9.17, 15) is 13.2 Å². The van der Waals surface area contributed by atoms with Crippen LogP contribution in [0.25, 0.3) is 0 Å². The molecule has 0 saturated heterocycles. The minimum absolute atomic E-state index is 0.121. The van der Waals surface area contributed by atoms with E-state index < -0.39 is 10.0 Å². The zero-order valence-electron chi connectivity index (χ0n) is 11.4. The number of aryl methyl sites for hydroxylation is 1. The second-order valence-corrected chi connectivity index (χ2v) is 7.67. The van der Waals surface area contributed by atoms with E-state index in [0.717, 1.165) is 18.4 Å². The number of nitrogens with zero attached hydrogens (tertiary/aromatic N) is 1. The van der Waals surface area contributed by atoms with Gasteiger partial charge in [-0.25, -0.2) is 0 Å². The average Bonchev–Trinajstić information content (AvgIpc) is 2.91. The first-order valence-electron chi connectivity index (χ1n) is 6.74. The number of halogens is 1. The van der Waals surface area contributed by atoms with Gasteiger partial charge >= 0.3 is 0 Å². The van der Waals surface area contributed by atoms with Gasteiger partial charge in [0.1, 0.15) is 5.71 Å².